The van der Waals surface area contributed by atoms with Gasteiger partial charge in [0.05, 0.1) is 14.2 Å². The number of benzene rings is 1. The van der Waals surface area contributed by atoms with E-state index in [2.05, 4.69) is 23.2 Å². The van der Waals surface area contributed by atoms with E-state index in [1.165, 1.54) is 5.56 Å². The Hall–Kier alpha value is -1.26. The van der Waals surface area contributed by atoms with Gasteiger partial charge < -0.3 is 14.8 Å². The van der Waals surface area contributed by atoms with Crippen molar-refractivity contribution in [2.75, 3.05) is 40.4 Å². The SMILES string of the molecule is COc1ccc(OC)c([C@H](C)N2CCNCC2)c1. The number of nitrogens with one attached hydrogen (secondary N) is 1. The fourth-order valence-electron chi connectivity index (χ4n) is 2.43. The average molecular weight is 250 g/mol. The summed E-state index contributed by atoms with van der Waals surface area (Å²) >= 11 is 0. The number of methoxy groups -OCH3 is 2. The highest BCUT2D eigenvalue weighted by Gasteiger charge is 2.21. The Kier molecular flexibility index (Phi) is 4.44. The van der Waals surface area contributed by atoms with Crippen LogP contribution in [0.15, 0.2) is 18.2 Å². The molecule has 18 heavy (non-hydrogen) atoms. The monoisotopic (exact) mass is 250 g/mol. The lowest BCUT2D eigenvalue weighted by Crippen LogP contribution is -2.44. The Bertz CT molecular complexity index is 389. The zero-order valence-corrected chi connectivity index (χ0v) is 11.4. The van der Waals surface area contributed by atoms with Gasteiger partial charge in [0, 0.05) is 37.8 Å². The molecule has 100 valence electrons. The molecule has 1 N–H and O–H groups in total. The van der Waals surface area contributed by atoms with Crippen LogP contribution in [0.2, 0.25) is 0 Å². The number of ether oxygens (including phenoxy) is 2. The molecule has 0 aliphatic carbocycles. The van der Waals surface area contributed by atoms with Crippen molar-refractivity contribution in [2.24, 2.45) is 0 Å². The predicted octanol–water partition coefficient (Wildman–Crippen LogP) is 1.67. The molecule has 1 atom stereocenters. The second kappa shape index (κ2) is 6.07. The van der Waals surface area contributed by atoms with E-state index in [1.54, 1.807) is 14.2 Å². The first-order chi connectivity index (χ1) is 8.76. The molecule has 4 nitrogen and oxygen atoms in total. The van der Waals surface area contributed by atoms with Crippen LogP contribution in [0.1, 0.15) is 18.5 Å². The third kappa shape index (κ3) is 2.76. The molecule has 2 rings (SSSR count). The second-order valence-corrected chi connectivity index (χ2v) is 4.57. The Morgan fingerprint density at radius 3 is 2.50 bits per heavy atom. The first-order valence-corrected chi connectivity index (χ1v) is 6.43. The highest BCUT2D eigenvalue weighted by atomic mass is 16.5. The summed E-state index contributed by atoms with van der Waals surface area (Å²) in [6, 6.07) is 6.34. The van der Waals surface area contributed by atoms with Crippen LogP contribution in [-0.4, -0.2) is 45.3 Å². The lowest BCUT2D eigenvalue weighted by atomic mass is 10.0. The standard InChI is InChI=1S/C14H22N2O2/c1-11(16-8-6-15-7-9-16)13-10-12(17-2)4-5-14(13)18-3/h4-5,10-11,15H,6-9H2,1-3H3/t11-/m0/s1. The van der Waals surface area contributed by atoms with Crippen LogP contribution in [0.25, 0.3) is 0 Å². The van der Waals surface area contributed by atoms with Crippen LogP contribution in [0.4, 0.5) is 0 Å². The second-order valence-electron chi connectivity index (χ2n) is 4.57. The van der Waals surface area contributed by atoms with Gasteiger partial charge in [-0.2, -0.15) is 0 Å². The molecule has 0 saturated carbocycles. The zero-order chi connectivity index (χ0) is 13.0. The molecular formula is C14H22N2O2. The summed E-state index contributed by atoms with van der Waals surface area (Å²) < 4.78 is 10.8. The third-order valence-electron chi connectivity index (χ3n) is 3.59. The maximum absolute atomic E-state index is 5.46. The third-order valence-corrected chi connectivity index (χ3v) is 3.59. The molecule has 1 heterocycles. The van der Waals surface area contributed by atoms with Gasteiger partial charge in [-0.1, -0.05) is 0 Å². The van der Waals surface area contributed by atoms with E-state index in [-0.39, 0.29) is 0 Å². The molecule has 1 fully saturated rings. The van der Waals surface area contributed by atoms with Crippen LogP contribution >= 0.6 is 0 Å². The number of hydrogen-bond donors (Lipinski definition) is 1. The summed E-state index contributed by atoms with van der Waals surface area (Å²) in [5.74, 6) is 1.81. The van der Waals surface area contributed by atoms with Crippen LogP contribution in [0.3, 0.4) is 0 Å². The lowest BCUT2D eigenvalue weighted by molar-refractivity contribution is 0.182. The fraction of sp³-hybridized carbons (Fsp3) is 0.571. The Morgan fingerprint density at radius 1 is 1.17 bits per heavy atom. The Morgan fingerprint density at radius 2 is 1.89 bits per heavy atom. The van der Waals surface area contributed by atoms with Crippen LogP contribution in [0.5, 0.6) is 11.5 Å². The van der Waals surface area contributed by atoms with Gasteiger partial charge in [0.25, 0.3) is 0 Å². The highest BCUT2D eigenvalue weighted by Crippen LogP contribution is 2.32. The molecular weight excluding hydrogens is 228 g/mol. The normalized spacial score (nSPS) is 18.4. The number of hydrogen-bond acceptors (Lipinski definition) is 4. The van der Waals surface area contributed by atoms with Gasteiger partial charge in [-0.3, -0.25) is 4.90 Å². The van der Waals surface area contributed by atoms with E-state index >= 15 is 0 Å². The van der Waals surface area contributed by atoms with E-state index in [0.717, 1.165) is 37.7 Å². The van der Waals surface area contributed by atoms with Crippen molar-refractivity contribution in [3.8, 4) is 11.5 Å². The summed E-state index contributed by atoms with van der Waals surface area (Å²) in [6.07, 6.45) is 0. The molecule has 1 saturated heterocycles. The van der Waals surface area contributed by atoms with Crippen molar-refractivity contribution in [1.82, 2.24) is 10.2 Å². The fourth-order valence-corrected chi connectivity index (χ4v) is 2.43. The first-order valence-electron chi connectivity index (χ1n) is 6.43. The molecule has 0 aromatic heterocycles. The van der Waals surface area contributed by atoms with E-state index in [4.69, 9.17) is 9.47 Å². The number of rotatable bonds is 4. The summed E-state index contributed by atoms with van der Waals surface area (Å²) in [5, 5.41) is 3.37. The van der Waals surface area contributed by atoms with Gasteiger partial charge in [0.2, 0.25) is 0 Å². The molecule has 4 heteroatoms. The molecule has 0 bridgehead atoms. The molecule has 0 radical (unpaired) electrons. The maximum atomic E-state index is 5.46. The van der Waals surface area contributed by atoms with Gasteiger partial charge in [0.1, 0.15) is 11.5 Å². The first kappa shape index (κ1) is 13.2. The quantitative estimate of drug-likeness (QED) is 0.881. The molecule has 1 aromatic carbocycles. The highest BCUT2D eigenvalue weighted by molar-refractivity contribution is 5.42. The summed E-state index contributed by atoms with van der Waals surface area (Å²) in [7, 11) is 3.41. The lowest BCUT2D eigenvalue weighted by Gasteiger charge is -2.33. The van der Waals surface area contributed by atoms with Gasteiger partial charge in [-0.05, 0) is 25.1 Å². The topological polar surface area (TPSA) is 33.7 Å². The smallest absolute Gasteiger partial charge is 0.123 e. The summed E-state index contributed by atoms with van der Waals surface area (Å²) in [5.41, 5.74) is 1.19. The summed E-state index contributed by atoms with van der Waals surface area (Å²) in [6.45, 7) is 6.47. The minimum Gasteiger partial charge on any atom is -0.497 e. The molecule has 1 aliphatic rings. The van der Waals surface area contributed by atoms with Gasteiger partial charge in [-0.15, -0.1) is 0 Å². The maximum Gasteiger partial charge on any atom is 0.123 e. The van der Waals surface area contributed by atoms with Crippen LogP contribution < -0.4 is 14.8 Å². The van der Waals surface area contributed by atoms with Crippen molar-refractivity contribution in [3.05, 3.63) is 23.8 Å². The average Bonchev–Trinajstić information content (AvgIpc) is 2.46. The minimum atomic E-state index is 0.345. The Labute approximate surface area is 109 Å². The van der Waals surface area contributed by atoms with Crippen molar-refractivity contribution in [2.45, 2.75) is 13.0 Å². The van der Waals surface area contributed by atoms with Crippen molar-refractivity contribution in [1.29, 1.82) is 0 Å². The number of piperazine rings is 1. The largest absolute Gasteiger partial charge is 0.497 e. The van der Waals surface area contributed by atoms with Crippen molar-refractivity contribution < 1.29 is 9.47 Å². The van der Waals surface area contributed by atoms with E-state index in [9.17, 15) is 0 Å². The molecule has 0 unspecified atom stereocenters. The van der Waals surface area contributed by atoms with E-state index < -0.39 is 0 Å². The van der Waals surface area contributed by atoms with E-state index in [1.807, 2.05) is 12.1 Å². The molecule has 1 aromatic rings. The Balaban J connectivity index is 2.23. The van der Waals surface area contributed by atoms with Crippen LogP contribution in [-0.2, 0) is 0 Å². The predicted molar refractivity (Wildman–Crippen MR) is 72.4 cm³/mol. The minimum absolute atomic E-state index is 0.345. The van der Waals surface area contributed by atoms with Crippen LogP contribution in [0, 0.1) is 0 Å². The van der Waals surface area contributed by atoms with Gasteiger partial charge in [0.15, 0.2) is 0 Å². The van der Waals surface area contributed by atoms with Crippen molar-refractivity contribution >= 4 is 0 Å². The molecule has 1 aliphatic heterocycles. The van der Waals surface area contributed by atoms with Gasteiger partial charge in [-0.25, -0.2) is 0 Å². The number of nitrogens with zero attached hydrogens (tertiary/aromatic N) is 1. The summed E-state index contributed by atoms with van der Waals surface area (Å²) in [4.78, 5) is 2.47. The van der Waals surface area contributed by atoms with E-state index in [0.29, 0.717) is 6.04 Å². The van der Waals surface area contributed by atoms with Gasteiger partial charge >= 0.3 is 0 Å². The molecule has 0 spiro atoms. The van der Waals surface area contributed by atoms with Crippen molar-refractivity contribution in [3.63, 3.8) is 0 Å². The zero-order valence-electron chi connectivity index (χ0n) is 11.4. The molecule has 0 amide bonds.